The van der Waals surface area contributed by atoms with Crippen molar-refractivity contribution in [1.82, 2.24) is 4.98 Å². The first kappa shape index (κ1) is 16.3. The Bertz CT molecular complexity index is 938. The Morgan fingerprint density at radius 2 is 2.00 bits per heavy atom. The summed E-state index contributed by atoms with van der Waals surface area (Å²) >= 11 is 6.16. The van der Waals surface area contributed by atoms with Crippen molar-refractivity contribution >= 4 is 39.8 Å². The summed E-state index contributed by atoms with van der Waals surface area (Å²) in [6.07, 6.45) is 2.15. The minimum Gasteiger partial charge on any atom is -0.545 e. The third-order valence-corrected chi connectivity index (χ3v) is 4.51. The predicted octanol–water partition coefficient (Wildman–Crippen LogP) is 3.87. The van der Waals surface area contributed by atoms with E-state index in [0.717, 1.165) is 23.2 Å². The zero-order chi connectivity index (χ0) is 17.3. The van der Waals surface area contributed by atoms with Crippen LogP contribution in [0.5, 0.6) is 0 Å². The SMILES string of the molecule is CCc1ccccc1Nc1c(C(=O)[O-])cnc2c(C)c(Cl)ccc12. The lowest BCUT2D eigenvalue weighted by Crippen LogP contribution is -2.23. The molecular formula is C19H16ClN2O2-. The van der Waals surface area contributed by atoms with Crippen LogP contribution < -0.4 is 10.4 Å². The summed E-state index contributed by atoms with van der Waals surface area (Å²) in [5, 5.41) is 16.1. The third-order valence-electron chi connectivity index (χ3n) is 4.10. The molecule has 0 saturated carbocycles. The van der Waals surface area contributed by atoms with Gasteiger partial charge in [-0.2, -0.15) is 0 Å². The maximum Gasteiger partial charge on any atom is 0.0767 e. The fraction of sp³-hybridized carbons (Fsp3) is 0.158. The highest BCUT2D eigenvalue weighted by atomic mass is 35.5. The maximum absolute atomic E-state index is 11.5. The first-order chi connectivity index (χ1) is 11.5. The van der Waals surface area contributed by atoms with Gasteiger partial charge in [0.05, 0.1) is 17.2 Å². The quantitative estimate of drug-likeness (QED) is 0.783. The van der Waals surface area contributed by atoms with Gasteiger partial charge in [0.2, 0.25) is 0 Å². The Kier molecular flexibility index (Phi) is 4.40. The fourth-order valence-corrected chi connectivity index (χ4v) is 2.91. The van der Waals surface area contributed by atoms with Gasteiger partial charge in [-0.1, -0.05) is 36.7 Å². The van der Waals surface area contributed by atoms with E-state index in [1.807, 2.05) is 31.2 Å². The molecule has 0 saturated heterocycles. The molecule has 0 aliphatic rings. The number of fused-ring (bicyclic) bond motifs is 1. The summed E-state index contributed by atoms with van der Waals surface area (Å²) in [7, 11) is 0. The van der Waals surface area contributed by atoms with Crippen molar-refractivity contribution in [2.45, 2.75) is 20.3 Å². The van der Waals surface area contributed by atoms with Gasteiger partial charge in [0.1, 0.15) is 0 Å². The number of carboxylic acid groups (broad SMARTS) is 1. The van der Waals surface area contributed by atoms with E-state index in [9.17, 15) is 9.90 Å². The lowest BCUT2D eigenvalue weighted by Gasteiger charge is -2.18. The molecule has 0 aliphatic heterocycles. The molecule has 1 heterocycles. The van der Waals surface area contributed by atoms with Gasteiger partial charge in [-0.15, -0.1) is 0 Å². The number of para-hydroxylation sites is 1. The zero-order valence-corrected chi connectivity index (χ0v) is 14.1. The molecule has 0 unspecified atom stereocenters. The van der Waals surface area contributed by atoms with Crippen molar-refractivity contribution in [3.05, 3.63) is 64.3 Å². The van der Waals surface area contributed by atoms with Gasteiger partial charge in [0, 0.05) is 27.9 Å². The molecule has 3 rings (SSSR count). The van der Waals surface area contributed by atoms with Gasteiger partial charge in [-0.3, -0.25) is 4.98 Å². The minimum atomic E-state index is -1.27. The smallest absolute Gasteiger partial charge is 0.0767 e. The van der Waals surface area contributed by atoms with Crippen LogP contribution in [0.3, 0.4) is 0 Å². The van der Waals surface area contributed by atoms with Gasteiger partial charge in [-0.25, -0.2) is 0 Å². The second kappa shape index (κ2) is 6.49. The molecule has 24 heavy (non-hydrogen) atoms. The van der Waals surface area contributed by atoms with Gasteiger partial charge in [-0.05, 0) is 42.7 Å². The molecule has 0 atom stereocenters. The van der Waals surface area contributed by atoms with E-state index in [1.54, 1.807) is 12.1 Å². The fourth-order valence-electron chi connectivity index (χ4n) is 2.76. The van der Waals surface area contributed by atoms with Crippen molar-refractivity contribution in [1.29, 1.82) is 0 Å². The summed E-state index contributed by atoms with van der Waals surface area (Å²) in [5.74, 6) is -1.27. The molecule has 0 bridgehead atoms. The Balaban J connectivity index is 2.26. The number of aryl methyl sites for hydroxylation is 2. The first-order valence-electron chi connectivity index (χ1n) is 7.67. The first-order valence-corrected chi connectivity index (χ1v) is 8.04. The van der Waals surface area contributed by atoms with E-state index in [4.69, 9.17) is 11.6 Å². The van der Waals surface area contributed by atoms with Crippen LogP contribution in [0.2, 0.25) is 5.02 Å². The van der Waals surface area contributed by atoms with Gasteiger partial charge in [0.15, 0.2) is 0 Å². The van der Waals surface area contributed by atoms with Gasteiger partial charge < -0.3 is 15.2 Å². The standard InChI is InChI=1S/C19H17ClN2O2/c1-3-12-6-4-5-7-16(12)22-18-13-8-9-15(20)11(2)17(13)21-10-14(18)19(23)24/h4-10H,3H2,1-2H3,(H,21,22)(H,23,24)/p-1. The molecule has 0 amide bonds. The molecule has 2 aromatic carbocycles. The van der Waals surface area contributed by atoms with Crippen LogP contribution >= 0.6 is 11.6 Å². The number of hydrogen-bond donors (Lipinski definition) is 1. The number of benzene rings is 2. The normalized spacial score (nSPS) is 10.8. The molecular weight excluding hydrogens is 324 g/mol. The number of halogens is 1. The van der Waals surface area contributed by atoms with Crippen molar-refractivity contribution in [3.63, 3.8) is 0 Å². The van der Waals surface area contributed by atoms with Gasteiger partial charge in [0.25, 0.3) is 0 Å². The van der Waals surface area contributed by atoms with Crippen LogP contribution in [0.4, 0.5) is 11.4 Å². The highest BCUT2D eigenvalue weighted by Gasteiger charge is 2.14. The van der Waals surface area contributed by atoms with Crippen LogP contribution in [0.15, 0.2) is 42.6 Å². The Labute approximate surface area is 145 Å². The second-order valence-electron chi connectivity index (χ2n) is 5.54. The number of aromatic nitrogens is 1. The molecule has 3 aromatic rings. The molecule has 4 nitrogen and oxygen atoms in total. The number of hydrogen-bond acceptors (Lipinski definition) is 4. The highest BCUT2D eigenvalue weighted by Crippen LogP contribution is 2.33. The third kappa shape index (κ3) is 2.81. The molecule has 5 heteroatoms. The molecule has 0 radical (unpaired) electrons. The summed E-state index contributed by atoms with van der Waals surface area (Å²) < 4.78 is 0. The Morgan fingerprint density at radius 1 is 1.25 bits per heavy atom. The molecule has 0 spiro atoms. The van der Waals surface area contributed by atoms with E-state index < -0.39 is 5.97 Å². The summed E-state index contributed by atoms with van der Waals surface area (Å²) in [5.41, 5.74) is 3.94. The van der Waals surface area contributed by atoms with Gasteiger partial charge >= 0.3 is 0 Å². The summed E-state index contributed by atoms with van der Waals surface area (Å²) in [6.45, 7) is 3.91. The molecule has 0 aliphatic carbocycles. The van der Waals surface area contributed by atoms with Crippen LogP contribution in [0.25, 0.3) is 10.9 Å². The van der Waals surface area contributed by atoms with Crippen molar-refractivity contribution in [2.75, 3.05) is 5.32 Å². The van der Waals surface area contributed by atoms with Crippen LogP contribution in [-0.4, -0.2) is 11.0 Å². The van der Waals surface area contributed by atoms with Crippen LogP contribution in [0, 0.1) is 6.92 Å². The number of nitrogens with one attached hydrogen (secondary N) is 1. The Morgan fingerprint density at radius 3 is 2.71 bits per heavy atom. The van der Waals surface area contributed by atoms with E-state index in [1.165, 1.54) is 6.20 Å². The summed E-state index contributed by atoms with van der Waals surface area (Å²) in [4.78, 5) is 15.8. The zero-order valence-electron chi connectivity index (χ0n) is 13.4. The molecule has 122 valence electrons. The monoisotopic (exact) mass is 339 g/mol. The van der Waals surface area contributed by atoms with Crippen LogP contribution in [-0.2, 0) is 6.42 Å². The average molecular weight is 340 g/mol. The number of carboxylic acids is 1. The lowest BCUT2D eigenvalue weighted by atomic mass is 10.0. The highest BCUT2D eigenvalue weighted by molar-refractivity contribution is 6.32. The molecule has 0 fully saturated rings. The number of carbonyl (C=O) groups is 1. The van der Waals surface area contributed by atoms with Crippen molar-refractivity contribution in [3.8, 4) is 0 Å². The summed E-state index contributed by atoms with van der Waals surface area (Å²) in [6, 6.07) is 11.3. The maximum atomic E-state index is 11.5. The lowest BCUT2D eigenvalue weighted by molar-refractivity contribution is -0.254. The van der Waals surface area contributed by atoms with E-state index in [0.29, 0.717) is 21.6 Å². The Hall–Kier alpha value is -2.59. The second-order valence-corrected chi connectivity index (χ2v) is 5.95. The number of pyridine rings is 1. The average Bonchev–Trinajstić information content (AvgIpc) is 2.58. The molecule has 1 aromatic heterocycles. The van der Waals surface area contributed by atoms with Crippen LogP contribution in [0.1, 0.15) is 28.4 Å². The molecule has 1 N–H and O–H groups in total. The van der Waals surface area contributed by atoms with E-state index >= 15 is 0 Å². The number of nitrogens with zero attached hydrogens (tertiary/aromatic N) is 1. The predicted molar refractivity (Wildman–Crippen MR) is 94.9 cm³/mol. The number of anilines is 2. The van der Waals surface area contributed by atoms with Crippen molar-refractivity contribution in [2.24, 2.45) is 0 Å². The largest absolute Gasteiger partial charge is 0.545 e. The number of aromatic carboxylic acids is 1. The van der Waals surface area contributed by atoms with E-state index in [2.05, 4.69) is 17.2 Å². The van der Waals surface area contributed by atoms with E-state index in [-0.39, 0.29) is 5.56 Å². The minimum absolute atomic E-state index is 0.0233. The van der Waals surface area contributed by atoms with Crippen molar-refractivity contribution < 1.29 is 9.90 Å². The number of carbonyl (C=O) groups excluding carboxylic acids is 1. The topological polar surface area (TPSA) is 65.0 Å². The number of rotatable bonds is 4.